The molecular formula is C9H14BrClO. The van der Waals surface area contributed by atoms with Crippen LogP contribution in [0, 0.1) is 5.41 Å². The van der Waals surface area contributed by atoms with Gasteiger partial charge in [-0.15, -0.1) is 0 Å². The Labute approximate surface area is 87.2 Å². The molecule has 1 saturated heterocycles. The van der Waals surface area contributed by atoms with Crippen LogP contribution in [0.2, 0.25) is 0 Å². The second kappa shape index (κ2) is 4.64. The van der Waals surface area contributed by atoms with Gasteiger partial charge in [-0.2, -0.15) is 0 Å². The monoisotopic (exact) mass is 252 g/mol. The number of alkyl halides is 1. The highest BCUT2D eigenvalue weighted by Gasteiger charge is 2.31. The molecule has 1 aliphatic heterocycles. The molecule has 0 bridgehead atoms. The van der Waals surface area contributed by atoms with Crippen molar-refractivity contribution in [2.75, 3.05) is 18.5 Å². The van der Waals surface area contributed by atoms with E-state index in [1.165, 1.54) is 6.42 Å². The number of allylic oxidation sites excluding steroid dienone is 1. The van der Waals surface area contributed by atoms with E-state index in [9.17, 15) is 0 Å². The smallest absolute Gasteiger partial charge is 0.0533 e. The van der Waals surface area contributed by atoms with Crippen LogP contribution in [-0.4, -0.2) is 18.5 Å². The Morgan fingerprint density at radius 2 is 2.42 bits per heavy atom. The summed E-state index contributed by atoms with van der Waals surface area (Å²) in [6.45, 7) is 5.43. The lowest BCUT2D eigenvalue weighted by molar-refractivity contribution is 0.00705. The molecule has 70 valence electrons. The summed E-state index contributed by atoms with van der Waals surface area (Å²) in [6.07, 6.45) is 3.18. The van der Waals surface area contributed by atoms with Gasteiger partial charge in [0.2, 0.25) is 0 Å². The van der Waals surface area contributed by atoms with Gasteiger partial charge in [0.05, 0.1) is 6.61 Å². The molecule has 0 aromatic heterocycles. The Morgan fingerprint density at radius 3 is 2.83 bits per heavy atom. The van der Waals surface area contributed by atoms with Crippen LogP contribution < -0.4 is 0 Å². The SMILES string of the molecule is C=C(Cl)CC1(CBr)CCCOC1. The van der Waals surface area contributed by atoms with Crippen molar-refractivity contribution < 1.29 is 4.74 Å². The summed E-state index contributed by atoms with van der Waals surface area (Å²) in [6, 6.07) is 0. The molecule has 12 heavy (non-hydrogen) atoms. The van der Waals surface area contributed by atoms with E-state index in [0.29, 0.717) is 0 Å². The highest BCUT2D eigenvalue weighted by Crippen LogP contribution is 2.37. The summed E-state index contributed by atoms with van der Waals surface area (Å²) in [5.74, 6) is 0. The maximum atomic E-state index is 5.81. The van der Waals surface area contributed by atoms with Crippen molar-refractivity contribution in [3.63, 3.8) is 0 Å². The first-order valence-corrected chi connectivity index (χ1v) is 5.65. The lowest BCUT2D eigenvalue weighted by Crippen LogP contribution is -2.33. The van der Waals surface area contributed by atoms with Crippen molar-refractivity contribution >= 4 is 27.5 Å². The predicted octanol–water partition coefficient (Wildman–Crippen LogP) is 3.32. The van der Waals surface area contributed by atoms with Gasteiger partial charge >= 0.3 is 0 Å². The zero-order valence-electron chi connectivity index (χ0n) is 7.11. The van der Waals surface area contributed by atoms with Crippen LogP contribution in [0.4, 0.5) is 0 Å². The van der Waals surface area contributed by atoms with Gasteiger partial charge in [-0.05, 0) is 19.3 Å². The zero-order chi connectivity index (χ0) is 9.03. The molecular weight excluding hydrogens is 239 g/mol. The van der Waals surface area contributed by atoms with Gasteiger partial charge in [-0.25, -0.2) is 0 Å². The highest BCUT2D eigenvalue weighted by atomic mass is 79.9. The van der Waals surface area contributed by atoms with Crippen molar-refractivity contribution in [2.24, 2.45) is 5.41 Å². The fourth-order valence-corrected chi connectivity index (χ4v) is 2.53. The Hall–Kier alpha value is 0.470. The van der Waals surface area contributed by atoms with E-state index in [-0.39, 0.29) is 5.41 Å². The molecule has 1 rings (SSSR count). The van der Waals surface area contributed by atoms with Crippen LogP contribution in [0.1, 0.15) is 19.3 Å². The molecule has 0 aliphatic carbocycles. The molecule has 1 heterocycles. The summed E-state index contributed by atoms with van der Waals surface area (Å²) in [5.41, 5.74) is 0.205. The van der Waals surface area contributed by atoms with Crippen LogP contribution in [0.25, 0.3) is 0 Å². The zero-order valence-corrected chi connectivity index (χ0v) is 9.46. The van der Waals surface area contributed by atoms with Gasteiger partial charge < -0.3 is 4.74 Å². The molecule has 0 aromatic rings. The van der Waals surface area contributed by atoms with Gasteiger partial charge in [0.25, 0.3) is 0 Å². The third-order valence-electron chi connectivity index (χ3n) is 2.25. The van der Waals surface area contributed by atoms with Gasteiger partial charge in [0.15, 0.2) is 0 Å². The Balaban J connectivity index is 2.53. The van der Waals surface area contributed by atoms with E-state index in [4.69, 9.17) is 16.3 Å². The molecule has 1 fully saturated rings. The fourth-order valence-electron chi connectivity index (χ4n) is 1.61. The molecule has 0 saturated carbocycles. The second-order valence-corrected chi connectivity index (χ2v) is 4.58. The molecule has 1 unspecified atom stereocenters. The Bertz CT molecular complexity index is 164. The number of hydrogen-bond donors (Lipinski definition) is 0. The minimum Gasteiger partial charge on any atom is -0.381 e. The van der Waals surface area contributed by atoms with Gasteiger partial charge in [0, 0.05) is 22.4 Å². The quantitative estimate of drug-likeness (QED) is 0.701. The molecule has 3 heteroatoms. The van der Waals surface area contributed by atoms with E-state index in [1.807, 2.05) is 0 Å². The van der Waals surface area contributed by atoms with Crippen LogP contribution in [0.5, 0.6) is 0 Å². The van der Waals surface area contributed by atoms with Crippen LogP contribution in [-0.2, 0) is 4.74 Å². The molecule has 0 radical (unpaired) electrons. The molecule has 0 amide bonds. The second-order valence-electron chi connectivity index (χ2n) is 3.48. The number of rotatable bonds is 3. The lowest BCUT2D eigenvalue weighted by atomic mass is 9.81. The van der Waals surface area contributed by atoms with Crippen molar-refractivity contribution in [3.8, 4) is 0 Å². The Kier molecular flexibility index (Phi) is 4.08. The number of ether oxygens (including phenoxy) is 1. The van der Waals surface area contributed by atoms with Gasteiger partial charge in [0.1, 0.15) is 0 Å². The standard InChI is InChI=1S/C9H14BrClO/c1-8(11)5-9(6-10)3-2-4-12-7-9/h1-7H2. The molecule has 1 atom stereocenters. The van der Waals surface area contributed by atoms with Gasteiger partial charge in [-0.3, -0.25) is 0 Å². The van der Waals surface area contributed by atoms with E-state index >= 15 is 0 Å². The first-order valence-electron chi connectivity index (χ1n) is 4.15. The maximum absolute atomic E-state index is 5.81. The summed E-state index contributed by atoms with van der Waals surface area (Å²) < 4.78 is 5.45. The van der Waals surface area contributed by atoms with Crippen LogP contribution in [0.3, 0.4) is 0 Å². The highest BCUT2D eigenvalue weighted by molar-refractivity contribution is 9.09. The first-order chi connectivity index (χ1) is 5.68. The summed E-state index contributed by atoms with van der Waals surface area (Å²) in [4.78, 5) is 0. The van der Waals surface area contributed by atoms with E-state index < -0.39 is 0 Å². The molecule has 1 aliphatic rings. The fraction of sp³-hybridized carbons (Fsp3) is 0.778. The molecule has 0 spiro atoms. The molecule has 0 N–H and O–H groups in total. The summed E-state index contributed by atoms with van der Waals surface area (Å²) >= 11 is 9.33. The maximum Gasteiger partial charge on any atom is 0.0533 e. The summed E-state index contributed by atoms with van der Waals surface area (Å²) in [5, 5.41) is 1.69. The van der Waals surface area contributed by atoms with Crippen LogP contribution >= 0.6 is 27.5 Å². The topological polar surface area (TPSA) is 9.23 Å². The minimum absolute atomic E-state index is 0.205. The van der Waals surface area contributed by atoms with E-state index in [1.54, 1.807) is 0 Å². The largest absolute Gasteiger partial charge is 0.381 e. The van der Waals surface area contributed by atoms with Crippen molar-refractivity contribution in [1.29, 1.82) is 0 Å². The van der Waals surface area contributed by atoms with E-state index in [0.717, 1.165) is 36.4 Å². The average molecular weight is 254 g/mol. The number of hydrogen-bond acceptors (Lipinski definition) is 1. The van der Waals surface area contributed by atoms with Crippen molar-refractivity contribution in [1.82, 2.24) is 0 Å². The third-order valence-corrected chi connectivity index (χ3v) is 3.58. The normalized spacial score (nSPS) is 30.2. The molecule has 1 nitrogen and oxygen atoms in total. The average Bonchev–Trinajstić information content (AvgIpc) is 2.05. The number of halogens is 2. The van der Waals surface area contributed by atoms with Crippen LogP contribution in [0.15, 0.2) is 11.6 Å². The predicted molar refractivity (Wildman–Crippen MR) is 55.9 cm³/mol. The first kappa shape index (κ1) is 10.6. The van der Waals surface area contributed by atoms with Crippen molar-refractivity contribution in [3.05, 3.63) is 11.6 Å². The third kappa shape index (κ3) is 2.75. The minimum atomic E-state index is 0.205. The van der Waals surface area contributed by atoms with Gasteiger partial charge in [-0.1, -0.05) is 34.1 Å². The molecule has 0 aromatic carbocycles. The van der Waals surface area contributed by atoms with E-state index in [2.05, 4.69) is 22.5 Å². The lowest BCUT2D eigenvalue weighted by Gasteiger charge is -2.35. The Morgan fingerprint density at radius 1 is 1.67 bits per heavy atom. The summed E-state index contributed by atoms with van der Waals surface area (Å²) in [7, 11) is 0. The van der Waals surface area contributed by atoms with Crippen molar-refractivity contribution in [2.45, 2.75) is 19.3 Å².